The van der Waals surface area contributed by atoms with Gasteiger partial charge in [0.1, 0.15) is 20.2 Å². The van der Waals surface area contributed by atoms with Gasteiger partial charge in [-0.3, -0.25) is 0 Å². The molecular weight excluding hydrogens is 131 g/mol. The van der Waals surface area contributed by atoms with Crippen molar-refractivity contribution in [2.45, 2.75) is 12.4 Å². The van der Waals surface area contributed by atoms with E-state index in [0.29, 0.717) is 18.8 Å². The summed E-state index contributed by atoms with van der Waals surface area (Å²) in [5.41, 5.74) is 0. The van der Waals surface area contributed by atoms with E-state index in [1.54, 1.807) is 0 Å². The summed E-state index contributed by atoms with van der Waals surface area (Å²) in [5.74, 6) is 0.657. The van der Waals surface area contributed by atoms with E-state index in [4.69, 9.17) is 22.4 Å². The summed E-state index contributed by atoms with van der Waals surface area (Å²) in [6.45, 7) is 0.291. The van der Waals surface area contributed by atoms with E-state index in [0.717, 1.165) is 0 Å². The molecule has 0 saturated heterocycles. The molecule has 1 atom stereocenters. The van der Waals surface area contributed by atoms with Gasteiger partial charge >= 0.3 is 0 Å². The molecule has 0 amide bonds. The second-order valence-corrected chi connectivity index (χ2v) is 2.16. The number of hydrogen-bond acceptors (Lipinski definition) is 3. The average Bonchev–Trinajstić information content (AvgIpc) is 2.13. The van der Waals surface area contributed by atoms with Crippen LogP contribution in [0.1, 0.15) is 6.42 Å². The Hall–Kier alpha value is -0.635. The molecule has 3 nitrogen and oxygen atoms in total. The summed E-state index contributed by atoms with van der Waals surface area (Å²) in [6.07, 6.45) is 0.388. The second kappa shape index (κ2) is 2.97. The standard InChI is InChI=1S/C6H9BO3/c1-9-3-5-4(8)2-6(7)10-5/h6,8H,2-3H2,1H3/t6-/m1/s1. The van der Waals surface area contributed by atoms with Crippen LogP contribution in [0.2, 0.25) is 0 Å². The third-order valence-corrected chi connectivity index (χ3v) is 1.29. The predicted octanol–water partition coefficient (Wildman–Crippen LogP) is 0.317. The molecule has 0 aromatic carbocycles. The third-order valence-electron chi connectivity index (χ3n) is 1.29. The van der Waals surface area contributed by atoms with Gasteiger partial charge in [-0.2, -0.15) is 0 Å². The summed E-state index contributed by atoms with van der Waals surface area (Å²) in [6, 6.07) is -0.398. The molecule has 0 unspecified atom stereocenters. The highest BCUT2D eigenvalue weighted by Gasteiger charge is 2.20. The topological polar surface area (TPSA) is 38.7 Å². The summed E-state index contributed by atoms with van der Waals surface area (Å²) in [5, 5.41) is 9.09. The van der Waals surface area contributed by atoms with Gasteiger partial charge in [-0.15, -0.1) is 0 Å². The summed E-state index contributed by atoms with van der Waals surface area (Å²) < 4.78 is 9.74. The number of rotatable bonds is 2. The van der Waals surface area contributed by atoms with E-state index in [9.17, 15) is 0 Å². The molecule has 0 aromatic rings. The Kier molecular flexibility index (Phi) is 2.22. The van der Waals surface area contributed by atoms with E-state index in [-0.39, 0.29) is 5.76 Å². The predicted molar refractivity (Wildman–Crippen MR) is 36.8 cm³/mol. The molecule has 1 N–H and O–H groups in total. The molecular formula is C6H9BO3. The summed E-state index contributed by atoms with van der Waals surface area (Å²) in [4.78, 5) is 0. The van der Waals surface area contributed by atoms with E-state index in [1.807, 2.05) is 0 Å². The fourth-order valence-electron chi connectivity index (χ4n) is 0.845. The quantitative estimate of drug-likeness (QED) is 0.561. The average molecular weight is 140 g/mol. The maximum atomic E-state index is 9.09. The monoisotopic (exact) mass is 140 g/mol. The number of hydrogen-bond donors (Lipinski definition) is 1. The van der Waals surface area contributed by atoms with Crippen LogP contribution < -0.4 is 0 Å². The Morgan fingerprint density at radius 1 is 1.90 bits per heavy atom. The van der Waals surface area contributed by atoms with Crippen molar-refractivity contribution in [1.29, 1.82) is 0 Å². The number of aliphatic hydroxyl groups excluding tert-OH is 1. The van der Waals surface area contributed by atoms with Crippen LogP contribution in [-0.4, -0.2) is 32.7 Å². The SMILES string of the molecule is [B][C@H]1CC(O)=C(COC)O1. The zero-order chi connectivity index (χ0) is 7.56. The van der Waals surface area contributed by atoms with Gasteiger partial charge in [-0.05, 0) is 0 Å². The van der Waals surface area contributed by atoms with Gasteiger partial charge in [0.05, 0.1) is 6.00 Å². The minimum absolute atomic E-state index is 0.203. The lowest BCUT2D eigenvalue weighted by Crippen LogP contribution is -2.06. The lowest BCUT2D eigenvalue weighted by atomic mass is 9.98. The van der Waals surface area contributed by atoms with Crippen LogP contribution in [0.4, 0.5) is 0 Å². The molecule has 0 spiro atoms. The normalized spacial score (nSPS) is 25.1. The first-order chi connectivity index (χ1) is 4.74. The Labute approximate surface area is 61.0 Å². The minimum atomic E-state index is -0.398. The van der Waals surface area contributed by atoms with Crippen molar-refractivity contribution >= 4 is 7.85 Å². The first kappa shape index (κ1) is 7.47. The van der Waals surface area contributed by atoms with Crippen molar-refractivity contribution < 1.29 is 14.6 Å². The maximum Gasteiger partial charge on any atom is 0.158 e. The molecule has 0 aromatic heterocycles. The Bertz CT molecular complexity index is 155. The Morgan fingerprint density at radius 3 is 3.00 bits per heavy atom. The van der Waals surface area contributed by atoms with Gasteiger partial charge in [0.15, 0.2) is 5.76 Å². The zero-order valence-electron chi connectivity index (χ0n) is 5.83. The smallest absolute Gasteiger partial charge is 0.158 e. The van der Waals surface area contributed by atoms with Crippen molar-refractivity contribution in [2.75, 3.05) is 13.7 Å². The van der Waals surface area contributed by atoms with Crippen LogP contribution >= 0.6 is 0 Å². The van der Waals surface area contributed by atoms with Gasteiger partial charge < -0.3 is 14.6 Å². The molecule has 4 heteroatoms. The van der Waals surface area contributed by atoms with E-state index in [2.05, 4.69) is 0 Å². The fraction of sp³-hybridized carbons (Fsp3) is 0.667. The minimum Gasteiger partial charge on any atom is -0.509 e. The summed E-state index contributed by atoms with van der Waals surface area (Å²) in [7, 11) is 6.90. The van der Waals surface area contributed by atoms with Crippen LogP contribution in [0.15, 0.2) is 11.5 Å². The number of aliphatic hydroxyl groups is 1. The van der Waals surface area contributed by atoms with Gasteiger partial charge in [-0.25, -0.2) is 0 Å². The lowest BCUT2D eigenvalue weighted by Gasteiger charge is -2.05. The second-order valence-electron chi connectivity index (χ2n) is 2.16. The van der Waals surface area contributed by atoms with Crippen molar-refractivity contribution in [3.63, 3.8) is 0 Å². The van der Waals surface area contributed by atoms with Crippen LogP contribution in [0, 0.1) is 0 Å². The van der Waals surface area contributed by atoms with E-state index < -0.39 is 6.00 Å². The van der Waals surface area contributed by atoms with Crippen LogP contribution in [0.25, 0.3) is 0 Å². The molecule has 1 heterocycles. The number of ether oxygens (including phenoxy) is 2. The largest absolute Gasteiger partial charge is 0.509 e. The zero-order valence-corrected chi connectivity index (χ0v) is 5.83. The first-order valence-electron chi connectivity index (χ1n) is 3.06. The molecule has 54 valence electrons. The molecule has 1 rings (SSSR count). The van der Waals surface area contributed by atoms with Crippen molar-refractivity contribution in [3.8, 4) is 0 Å². The van der Waals surface area contributed by atoms with E-state index >= 15 is 0 Å². The molecule has 10 heavy (non-hydrogen) atoms. The Balaban J connectivity index is 2.49. The van der Waals surface area contributed by atoms with Gasteiger partial charge in [0, 0.05) is 13.5 Å². The molecule has 0 bridgehead atoms. The van der Waals surface area contributed by atoms with Gasteiger partial charge in [0.25, 0.3) is 0 Å². The highest BCUT2D eigenvalue weighted by Crippen LogP contribution is 2.20. The van der Waals surface area contributed by atoms with E-state index in [1.165, 1.54) is 7.11 Å². The highest BCUT2D eigenvalue weighted by molar-refractivity contribution is 6.11. The molecule has 1 aliphatic rings. The Morgan fingerprint density at radius 2 is 2.60 bits per heavy atom. The van der Waals surface area contributed by atoms with Gasteiger partial charge in [0.2, 0.25) is 0 Å². The van der Waals surface area contributed by atoms with Crippen molar-refractivity contribution in [3.05, 3.63) is 11.5 Å². The fourth-order valence-corrected chi connectivity index (χ4v) is 0.845. The van der Waals surface area contributed by atoms with Crippen LogP contribution in [0.5, 0.6) is 0 Å². The van der Waals surface area contributed by atoms with Gasteiger partial charge in [-0.1, -0.05) is 0 Å². The molecule has 0 saturated carbocycles. The molecule has 0 fully saturated rings. The first-order valence-corrected chi connectivity index (χ1v) is 3.06. The van der Waals surface area contributed by atoms with Crippen LogP contribution in [-0.2, 0) is 9.47 Å². The highest BCUT2D eigenvalue weighted by atomic mass is 16.5. The summed E-state index contributed by atoms with van der Waals surface area (Å²) >= 11 is 0. The lowest BCUT2D eigenvalue weighted by molar-refractivity contribution is 0.131. The van der Waals surface area contributed by atoms with Crippen molar-refractivity contribution in [1.82, 2.24) is 0 Å². The third kappa shape index (κ3) is 1.45. The molecule has 0 aliphatic carbocycles. The molecule has 1 aliphatic heterocycles. The molecule has 2 radical (unpaired) electrons. The van der Waals surface area contributed by atoms with Crippen LogP contribution in [0.3, 0.4) is 0 Å². The van der Waals surface area contributed by atoms with Crippen molar-refractivity contribution in [2.24, 2.45) is 0 Å². The number of methoxy groups -OCH3 is 1. The maximum absolute atomic E-state index is 9.09.